The Morgan fingerprint density at radius 3 is 2.61 bits per heavy atom. The van der Waals surface area contributed by atoms with Crippen LogP contribution in [0, 0.1) is 11.3 Å². The Morgan fingerprint density at radius 1 is 1.16 bits per heavy atom. The van der Waals surface area contributed by atoms with Crippen molar-refractivity contribution in [2.75, 3.05) is 6.54 Å². The number of benzene rings is 2. The molecule has 1 aliphatic heterocycles. The van der Waals surface area contributed by atoms with Crippen LogP contribution in [0.2, 0.25) is 10.0 Å². The molecule has 5 rings (SSSR count). The molecule has 202 valence electrons. The number of piperidine rings is 1. The summed E-state index contributed by atoms with van der Waals surface area (Å²) in [5, 5.41) is 14.4. The fraction of sp³-hybridized carbons (Fsp3) is 0.407. The van der Waals surface area contributed by atoms with Crippen LogP contribution in [-0.2, 0) is 6.54 Å². The first kappa shape index (κ1) is 26.8. The third-order valence-electron chi connectivity index (χ3n) is 7.23. The number of nitrogens with zero attached hydrogens (tertiary/aromatic N) is 1. The highest BCUT2D eigenvalue weighted by atomic mass is 35.5. The molecule has 2 fully saturated rings. The number of hydrogen-bond donors (Lipinski definition) is 3. The summed E-state index contributed by atoms with van der Waals surface area (Å²) in [7, 11) is 0. The molecule has 1 aromatic heterocycles. The van der Waals surface area contributed by atoms with Crippen molar-refractivity contribution in [3.05, 3.63) is 86.8 Å². The predicted molar refractivity (Wildman–Crippen MR) is 137 cm³/mol. The van der Waals surface area contributed by atoms with E-state index in [2.05, 4.69) is 10.6 Å². The van der Waals surface area contributed by atoms with E-state index in [0.29, 0.717) is 34.0 Å². The zero-order valence-electron chi connectivity index (χ0n) is 20.3. The highest BCUT2D eigenvalue weighted by Crippen LogP contribution is 2.42. The highest BCUT2D eigenvalue weighted by molar-refractivity contribution is 6.42. The molecule has 2 unspecified atom stereocenters. The van der Waals surface area contributed by atoms with E-state index in [1.807, 2.05) is 6.07 Å². The molecule has 2 aromatic carbocycles. The molecule has 1 saturated heterocycles. The summed E-state index contributed by atoms with van der Waals surface area (Å²) < 4.78 is 48.3. The topological polar surface area (TPSA) is 83.0 Å². The summed E-state index contributed by atoms with van der Waals surface area (Å²) in [6.45, 7) is 0.465. The molecular formula is C27H27Cl2F3N4O2. The molecule has 11 heteroatoms. The number of hydrogen-bond acceptors (Lipinski definition) is 4. The van der Waals surface area contributed by atoms with Crippen molar-refractivity contribution in [2.45, 2.75) is 56.4 Å². The maximum absolute atomic E-state index is 13.9. The summed E-state index contributed by atoms with van der Waals surface area (Å²) in [5.74, 6) is -0.982. The fourth-order valence-corrected chi connectivity index (χ4v) is 5.51. The number of carbonyl (C=O) groups is 1. The minimum Gasteiger partial charge on any atom is -0.432 e. The van der Waals surface area contributed by atoms with Crippen LogP contribution in [0.25, 0.3) is 0 Å². The summed E-state index contributed by atoms with van der Waals surface area (Å²) >= 11 is 12.3. The van der Waals surface area contributed by atoms with Crippen molar-refractivity contribution in [3.63, 3.8) is 0 Å². The van der Waals surface area contributed by atoms with Gasteiger partial charge in [0.15, 0.2) is 0 Å². The predicted octanol–water partition coefficient (Wildman–Crippen LogP) is 6.19. The number of nitrogens with one attached hydrogen (secondary N) is 3. The molecule has 0 radical (unpaired) electrons. The number of carbonyl (C=O) groups excluding carboxylic acids is 1. The number of alkyl halides is 3. The molecule has 2 aliphatic rings. The normalized spacial score (nSPS) is 20.8. The Bertz CT molecular complexity index is 1380. The van der Waals surface area contributed by atoms with Crippen molar-refractivity contribution in [1.29, 1.82) is 5.41 Å². The first-order valence-electron chi connectivity index (χ1n) is 12.5. The third-order valence-corrected chi connectivity index (χ3v) is 7.97. The van der Waals surface area contributed by atoms with Crippen LogP contribution in [0.1, 0.15) is 64.7 Å². The van der Waals surface area contributed by atoms with Crippen LogP contribution in [0.5, 0.6) is 0 Å². The Balaban J connectivity index is 1.50. The molecule has 2 heterocycles. The lowest BCUT2D eigenvalue weighted by Crippen LogP contribution is -2.49. The second-order valence-corrected chi connectivity index (χ2v) is 10.8. The van der Waals surface area contributed by atoms with Gasteiger partial charge in [0.1, 0.15) is 12.3 Å². The first-order chi connectivity index (χ1) is 18.1. The van der Waals surface area contributed by atoms with Gasteiger partial charge in [-0.2, -0.15) is 13.2 Å². The minimum atomic E-state index is -4.43. The summed E-state index contributed by atoms with van der Waals surface area (Å²) in [6, 6.07) is 8.18. The number of aromatic nitrogens is 1. The zero-order valence-corrected chi connectivity index (χ0v) is 21.8. The molecule has 1 amide bonds. The van der Waals surface area contributed by atoms with E-state index in [1.54, 1.807) is 36.5 Å². The average Bonchev–Trinajstić information content (AvgIpc) is 3.65. The second kappa shape index (κ2) is 10.8. The molecule has 1 aliphatic carbocycles. The van der Waals surface area contributed by atoms with Crippen LogP contribution < -0.4 is 16.3 Å². The summed E-state index contributed by atoms with van der Waals surface area (Å²) in [6.07, 6.45) is 1.34. The molecule has 38 heavy (non-hydrogen) atoms. The van der Waals surface area contributed by atoms with Gasteiger partial charge in [-0.05, 0) is 79.1 Å². The average molecular weight is 567 g/mol. The first-order valence-corrected chi connectivity index (χ1v) is 13.2. The molecule has 1 saturated carbocycles. The lowest BCUT2D eigenvalue weighted by Gasteiger charge is -2.34. The largest absolute Gasteiger partial charge is 0.432 e. The van der Waals surface area contributed by atoms with E-state index < -0.39 is 18.1 Å². The van der Waals surface area contributed by atoms with Gasteiger partial charge in [-0.1, -0.05) is 35.3 Å². The van der Waals surface area contributed by atoms with Crippen molar-refractivity contribution < 1.29 is 22.4 Å². The van der Waals surface area contributed by atoms with E-state index >= 15 is 0 Å². The van der Waals surface area contributed by atoms with Crippen LogP contribution in [0.15, 0.2) is 53.3 Å². The monoisotopic (exact) mass is 566 g/mol. The van der Waals surface area contributed by atoms with Gasteiger partial charge in [0, 0.05) is 17.7 Å². The van der Waals surface area contributed by atoms with Gasteiger partial charge < -0.3 is 15.1 Å². The van der Waals surface area contributed by atoms with Gasteiger partial charge in [0.05, 0.1) is 22.6 Å². The number of amides is 1. The Labute approximate surface area is 227 Å². The summed E-state index contributed by atoms with van der Waals surface area (Å²) in [5.41, 5.74) is 2.05. The summed E-state index contributed by atoms with van der Waals surface area (Å²) in [4.78, 5) is 13.6. The van der Waals surface area contributed by atoms with Gasteiger partial charge in [-0.25, -0.2) is 0 Å². The van der Waals surface area contributed by atoms with E-state index in [1.165, 1.54) is 10.8 Å². The lowest BCUT2D eigenvalue weighted by molar-refractivity contribution is -0.164. The molecule has 6 nitrogen and oxygen atoms in total. The Morgan fingerprint density at radius 2 is 1.95 bits per heavy atom. The van der Waals surface area contributed by atoms with Crippen LogP contribution in [0.4, 0.5) is 13.2 Å². The third kappa shape index (κ3) is 5.95. The van der Waals surface area contributed by atoms with Crippen molar-refractivity contribution in [3.8, 4) is 0 Å². The zero-order chi connectivity index (χ0) is 27.0. The van der Waals surface area contributed by atoms with Crippen molar-refractivity contribution in [1.82, 2.24) is 15.2 Å². The van der Waals surface area contributed by atoms with E-state index in [0.717, 1.165) is 18.4 Å². The van der Waals surface area contributed by atoms with E-state index in [-0.39, 0.29) is 42.2 Å². The van der Waals surface area contributed by atoms with Crippen molar-refractivity contribution in [2.24, 2.45) is 5.92 Å². The number of oxazole rings is 1. The highest BCUT2D eigenvalue weighted by Gasteiger charge is 2.46. The molecule has 3 N–H and O–H groups in total. The minimum absolute atomic E-state index is 0.0951. The van der Waals surface area contributed by atoms with Crippen LogP contribution in [-0.4, -0.2) is 29.2 Å². The maximum Gasteiger partial charge on any atom is 0.404 e. The van der Waals surface area contributed by atoms with Gasteiger partial charge in [-0.3, -0.25) is 14.8 Å². The van der Waals surface area contributed by atoms with E-state index in [9.17, 15) is 18.0 Å². The lowest BCUT2D eigenvalue weighted by atomic mass is 9.83. The van der Waals surface area contributed by atoms with Gasteiger partial charge in [-0.15, -0.1) is 0 Å². The second-order valence-electron chi connectivity index (χ2n) is 9.98. The fourth-order valence-electron chi connectivity index (χ4n) is 5.20. The van der Waals surface area contributed by atoms with Crippen LogP contribution >= 0.6 is 23.2 Å². The smallest absolute Gasteiger partial charge is 0.404 e. The van der Waals surface area contributed by atoms with Crippen LogP contribution in [0.3, 0.4) is 0 Å². The standard InChI is InChI=1S/C27H27Cl2F3N4O2/c28-21-6-5-17(13-22(21)29)23(16-3-4-16)35-25(37)19-11-15(14-36-8-9-38-26(36)33)10-18(12-19)20-2-1-7-34-24(20)27(30,31)32/h5-6,8-13,16,20,23-24,33-34H,1-4,7,14H2,(H,35,37)/t20?,23-,24?/m0/s1. The van der Waals surface area contributed by atoms with Gasteiger partial charge in [0.25, 0.3) is 11.6 Å². The molecular weight excluding hydrogens is 540 g/mol. The molecule has 0 bridgehead atoms. The van der Waals surface area contributed by atoms with Crippen molar-refractivity contribution >= 4 is 29.1 Å². The Kier molecular flexibility index (Phi) is 7.62. The maximum atomic E-state index is 13.9. The Hall–Kier alpha value is -2.75. The molecule has 0 spiro atoms. The number of halogens is 5. The van der Waals surface area contributed by atoms with E-state index in [4.69, 9.17) is 33.0 Å². The number of rotatable bonds is 7. The van der Waals surface area contributed by atoms with Gasteiger partial charge >= 0.3 is 6.18 Å². The van der Waals surface area contributed by atoms with Gasteiger partial charge in [0.2, 0.25) is 0 Å². The SMILES string of the molecule is N=c1occn1Cc1cc(C(=O)N[C@H](c2ccc(Cl)c(Cl)c2)C2CC2)cc(C2CCCNC2C(F)(F)F)c1. The molecule has 3 atom stereocenters. The molecule has 3 aromatic rings. The quantitative estimate of drug-likeness (QED) is 0.318.